The number of hydrogen-bond donors (Lipinski definition) is 0. The van der Waals surface area contributed by atoms with Gasteiger partial charge in [-0.05, 0) is 51.4 Å². The maximum atomic E-state index is 11.6. The lowest BCUT2D eigenvalue weighted by molar-refractivity contribution is -0.146. The number of carbonyl (C=O) groups is 1. The zero-order valence-corrected chi connectivity index (χ0v) is 11.7. The van der Waals surface area contributed by atoms with E-state index in [-0.39, 0.29) is 11.9 Å². The zero-order chi connectivity index (χ0) is 12.8. The molecule has 0 bridgehead atoms. The van der Waals surface area contributed by atoms with Gasteiger partial charge in [-0.3, -0.25) is 4.79 Å². The molecule has 0 amide bonds. The van der Waals surface area contributed by atoms with Crippen LogP contribution in [0.5, 0.6) is 0 Å². The number of esters is 1. The summed E-state index contributed by atoms with van der Waals surface area (Å²) < 4.78 is 5.07. The molecule has 0 fully saturated rings. The molecule has 0 saturated carbocycles. The topological polar surface area (TPSA) is 26.3 Å². The fourth-order valence-corrected chi connectivity index (χ4v) is 2.60. The summed E-state index contributed by atoms with van der Waals surface area (Å²) in [5.41, 5.74) is 1.28. The molecule has 2 heteroatoms. The van der Waals surface area contributed by atoms with Crippen LogP contribution in [-0.2, 0) is 9.53 Å². The van der Waals surface area contributed by atoms with Crippen molar-refractivity contribution in [3.8, 4) is 0 Å². The smallest absolute Gasteiger partial charge is 0.312 e. The number of allylic oxidation sites excluding steroid dienone is 1. The van der Waals surface area contributed by atoms with E-state index in [2.05, 4.69) is 19.9 Å². The SMILES string of the molecule is CCOC(=O)[C@@H](C)C1=CC[C@@H](CC(C)C)CC1. The molecule has 98 valence electrons. The van der Waals surface area contributed by atoms with Gasteiger partial charge in [0.15, 0.2) is 0 Å². The second-order valence-electron chi connectivity index (χ2n) is 5.52. The van der Waals surface area contributed by atoms with Crippen molar-refractivity contribution >= 4 is 5.97 Å². The number of hydrogen-bond acceptors (Lipinski definition) is 2. The van der Waals surface area contributed by atoms with Gasteiger partial charge in [-0.2, -0.15) is 0 Å². The van der Waals surface area contributed by atoms with Gasteiger partial charge in [0.05, 0.1) is 12.5 Å². The monoisotopic (exact) mass is 238 g/mol. The fraction of sp³-hybridized carbons (Fsp3) is 0.800. The summed E-state index contributed by atoms with van der Waals surface area (Å²) in [6.45, 7) is 8.86. The molecule has 0 aliphatic heterocycles. The van der Waals surface area contributed by atoms with Gasteiger partial charge in [0.2, 0.25) is 0 Å². The zero-order valence-electron chi connectivity index (χ0n) is 11.7. The van der Waals surface area contributed by atoms with Gasteiger partial charge in [-0.15, -0.1) is 0 Å². The van der Waals surface area contributed by atoms with E-state index in [9.17, 15) is 4.79 Å². The van der Waals surface area contributed by atoms with Gasteiger partial charge in [-0.25, -0.2) is 0 Å². The highest BCUT2D eigenvalue weighted by molar-refractivity contribution is 5.75. The van der Waals surface area contributed by atoms with Crippen LogP contribution in [0, 0.1) is 17.8 Å². The third kappa shape index (κ3) is 4.53. The average Bonchev–Trinajstić information content (AvgIpc) is 2.28. The Morgan fingerprint density at radius 2 is 2.18 bits per heavy atom. The van der Waals surface area contributed by atoms with E-state index in [0.717, 1.165) is 24.7 Å². The summed E-state index contributed by atoms with van der Waals surface area (Å²) >= 11 is 0. The van der Waals surface area contributed by atoms with Crippen LogP contribution in [0.25, 0.3) is 0 Å². The molecule has 0 spiro atoms. The van der Waals surface area contributed by atoms with Crippen molar-refractivity contribution in [1.29, 1.82) is 0 Å². The minimum atomic E-state index is -0.0685. The van der Waals surface area contributed by atoms with Crippen molar-refractivity contribution in [1.82, 2.24) is 0 Å². The summed E-state index contributed by atoms with van der Waals surface area (Å²) in [6, 6.07) is 0. The summed E-state index contributed by atoms with van der Waals surface area (Å²) in [5, 5.41) is 0. The molecule has 0 radical (unpaired) electrons. The lowest BCUT2D eigenvalue weighted by Crippen LogP contribution is -2.20. The van der Waals surface area contributed by atoms with E-state index in [4.69, 9.17) is 4.74 Å². The fourth-order valence-electron chi connectivity index (χ4n) is 2.60. The van der Waals surface area contributed by atoms with Gasteiger partial charge < -0.3 is 4.74 Å². The minimum Gasteiger partial charge on any atom is -0.466 e. The number of carbonyl (C=O) groups excluding carboxylic acids is 1. The van der Waals surface area contributed by atoms with Crippen molar-refractivity contribution in [3.05, 3.63) is 11.6 Å². The molecule has 0 N–H and O–H groups in total. The molecule has 1 aliphatic carbocycles. The largest absolute Gasteiger partial charge is 0.466 e. The van der Waals surface area contributed by atoms with Crippen LogP contribution in [-0.4, -0.2) is 12.6 Å². The van der Waals surface area contributed by atoms with E-state index in [1.54, 1.807) is 0 Å². The van der Waals surface area contributed by atoms with Gasteiger partial charge in [-0.1, -0.05) is 25.5 Å². The molecule has 0 heterocycles. The molecule has 0 saturated heterocycles. The molecule has 17 heavy (non-hydrogen) atoms. The van der Waals surface area contributed by atoms with Crippen molar-refractivity contribution < 1.29 is 9.53 Å². The minimum absolute atomic E-state index is 0.0463. The highest BCUT2D eigenvalue weighted by atomic mass is 16.5. The maximum Gasteiger partial charge on any atom is 0.312 e. The third-order valence-corrected chi connectivity index (χ3v) is 3.56. The van der Waals surface area contributed by atoms with Gasteiger partial charge in [0.1, 0.15) is 0 Å². The summed E-state index contributed by atoms with van der Waals surface area (Å²) in [6.07, 6.45) is 7.01. The van der Waals surface area contributed by atoms with Crippen molar-refractivity contribution in [3.63, 3.8) is 0 Å². The summed E-state index contributed by atoms with van der Waals surface area (Å²) in [4.78, 5) is 11.6. The average molecular weight is 238 g/mol. The van der Waals surface area contributed by atoms with E-state index in [1.165, 1.54) is 18.4 Å². The highest BCUT2D eigenvalue weighted by Gasteiger charge is 2.23. The van der Waals surface area contributed by atoms with Crippen LogP contribution in [0.1, 0.15) is 53.4 Å². The van der Waals surface area contributed by atoms with Crippen LogP contribution in [0.2, 0.25) is 0 Å². The molecule has 0 unspecified atom stereocenters. The Bertz CT molecular complexity index is 279. The predicted molar refractivity (Wildman–Crippen MR) is 70.7 cm³/mol. The van der Waals surface area contributed by atoms with Crippen LogP contribution in [0.4, 0.5) is 0 Å². The van der Waals surface area contributed by atoms with Crippen molar-refractivity contribution in [2.45, 2.75) is 53.4 Å². The number of rotatable bonds is 5. The molecule has 0 aromatic carbocycles. The normalized spacial score (nSPS) is 22.2. The van der Waals surface area contributed by atoms with E-state index in [0.29, 0.717) is 6.61 Å². The molecule has 0 aromatic rings. The summed E-state index contributed by atoms with van der Waals surface area (Å²) in [5.74, 6) is 1.47. The van der Waals surface area contributed by atoms with Crippen molar-refractivity contribution in [2.24, 2.45) is 17.8 Å². The Kier molecular flexibility index (Phi) is 5.73. The first-order valence-electron chi connectivity index (χ1n) is 6.90. The van der Waals surface area contributed by atoms with Crippen LogP contribution in [0.15, 0.2) is 11.6 Å². The second-order valence-corrected chi connectivity index (χ2v) is 5.52. The van der Waals surface area contributed by atoms with Crippen LogP contribution < -0.4 is 0 Å². The standard InChI is InChI=1S/C15H26O2/c1-5-17-15(16)12(4)14-8-6-13(7-9-14)10-11(2)3/h8,11-13H,5-7,9-10H2,1-4H3/t12-,13+/m0/s1. The van der Waals surface area contributed by atoms with Crippen LogP contribution >= 0.6 is 0 Å². The Morgan fingerprint density at radius 3 is 2.65 bits per heavy atom. The van der Waals surface area contributed by atoms with Gasteiger partial charge >= 0.3 is 5.97 Å². The molecular formula is C15H26O2. The van der Waals surface area contributed by atoms with E-state index < -0.39 is 0 Å². The second kappa shape index (κ2) is 6.83. The Morgan fingerprint density at radius 1 is 1.47 bits per heavy atom. The predicted octanol–water partition coefficient (Wildman–Crippen LogP) is 3.96. The lowest BCUT2D eigenvalue weighted by atomic mass is 9.81. The molecular weight excluding hydrogens is 212 g/mol. The molecule has 1 rings (SSSR count). The van der Waals surface area contributed by atoms with Crippen molar-refractivity contribution in [2.75, 3.05) is 6.61 Å². The third-order valence-electron chi connectivity index (χ3n) is 3.56. The number of ether oxygens (including phenoxy) is 1. The lowest BCUT2D eigenvalue weighted by Gasteiger charge is -2.25. The van der Waals surface area contributed by atoms with Gasteiger partial charge in [0, 0.05) is 0 Å². The molecule has 2 nitrogen and oxygen atoms in total. The van der Waals surface area contributed by atoms with Crippen LogP contribution in [0.3, 0.4) is 0 Å². The quantitative estimate of drug-likeness (QED) is 0.535. The molecule has 0 aromatic heterocycles. The van der Waals surface area contributed by atoms with E-state index in [1.807, 2.05) is 13.8 Å². The molecule has 1 aliphatic rings. The first-order chi connectivity index (χ1) is 8.04. The Hall–Kier alpha value is -0.790. The first-order valence-corrected chi connectivity index (χ1v) is 6.90. The Labute approximate surface area is 105 Å². The van der Waals surface area contributed by atoms with Gasteiger partial charge in [0.25, 0.3) is 0 Å². The van der Waals surface area contributed by atoms with E-state index >= 15 is 0 Å². The summed E-state index contributed by atoms with van der Waals surface area (Å²) in [7, 11) is 0. The first kappa shape index (κ1) is 14.3. The molecule has 2 atom stereocenters. The highest BCUT2D eigenvalue weighted by Crippen LogP contribution is 2.32. The maximum absolute atomic E-state index is 11.6. The Balaban J connectivity index is 2.47.